The molecule has 35 heavy (non-hydrogen) atoms. The lowest BCUT2D eigenvalue weighted by Gasteiger charge is -2.32. The fourth-order valence-electron chi connectivity index (χ4n) is 3.54. The summed E-state index contributed by atoms with van der Waals surface area (Å²) in [6, 6.07) is 20.7. The van der Waals surface area contributed by atoms with Crippen molar-refractivity contribution in [2.24, 2.45) is 0 Å². The number of halogens is 3. The van der Waals surface area contributed by atoms with Crippen LogP contribution in [0.4, 0.5) is 0 Å². The van der Waals surface area contributed by atoms with E-state index in [4.69, 9.17) is 39.5 Å². The Morgan fingerprint density at radius 1 is 0.886 bits per heavy atom. The van der Waals surface area contributed by atoms with Crippen LogP contribution in [-0.2, 0) is 22.6 Å². The Labute approximate surface area is 220 Å². The second-order valence-electron chi connectivity index (χ2n) is 8.38. The van der Waals surface area contributed by atoms with Gasteiger partial charge in [-0.05, 0) is 55.3 Å². The van der Waals surface area contributed by atoms with Gasteiger partial charge in [0.1, 0.15) is 11.8 Å². The van der Waals surface area contributed by atoms with E-state index in [2.05, 4.69) is 5.32 Å². The summed E-state index contributed by atoms with van der Waals surface area (Å²) in [5, 5.41) is 4.30. The molecule has 3 aromatic carbocycles. The van der Waals surface area contributed by atoms with Crippen molar-refractivity contribution in [2.75, 3.05) is 6.61 Å². The molecule has 1 atom stereocenters. The minimum absolute atomic E-state index is 0.0858. The molecular weight excluding hydrogens is 507 g/mol. The first-order valence-electron chi connectivity index (χ1n) is 11.2. The molecule has 0 aliphatic rings. The van der Waals surface area contributed by atoms with E-state index in [0.29, 0.717) is 27.2 Å². The minimum Gasteiger partial charge on any atom is -0.482 e. The van der Waals surface area contributed by atoms with E-state index in [1.165, 1.54) is 4.90 Å². The van der Waals surface area contributed by atoms with Gasteiger partial charge >= 0.3 is 0 Å². The van der Waals surface area contributed by atoms with Crippen molar-refractivity contribution in [3.8, 4) is 5.75 Å². The number of carbonyl (C=O) groups excluding carboxylic acids is 2. The molecule has 0 saturated carbocycles. The van der Waals surface area contributed by atoms with Gasteiger partial charge in [-0.1, -0.05) is 77.3 Å². The van der Waals surface area contributed by atoms with E-state index < -0.39 is 6.04 Å². The van der Waals surface area contributed by atoms with Crippen LogP contribution < -0.4 is 10.1 Å². The van der Waals surface area contributed by atoms with E-state index in [9.17, 15) is 9.59 Å². The lowest BCUT2D eigenvalue weighted by Crippen LogP contribution is -2.52. The fourth-order valence-corrected chi connectivity index (χ4v) is 4.12. The molecule has 5 nitrogen and oxygen atoms in total. The van der Waals surface area contributed by atoms with Gasteiger partial charge in [0.15, 0.2) is 6.61 Å². The van der Waals surface area contributed by atoms with Crippen LogP contribution in [-0.4, -0.2) is 35.4 Å². The number of carbonyl (C=O) groups is 2. The molecule has 1 N–H and O–H groups in total. The Morgan fingerprint density at radius 2 is 1.54 bits per heavy atom. The van der Waals surface area contributed by atoms with Crippen molar-refractivity contribution in [1.29, 1.82) is 0 Å². The predicted molar refractivity (Wildman–Crippen MR) is 141 cm³/mol. The third-order valence-electron chi connectivity index (χ3n) is 5.21. The average molecular weight is 534 g/mol. The number of rotatable bonds is 10. The van der Waals surface area contributed by atoms with Gasteiger partial charge in [0.2, 0.25) is 5.91 Å². The summed E-state index contributed by atoms with van der Waals surface area (Å²) in [6.07, 6.45) is 0.348. The maximum atomic E-state index is 13.5. The van der Waals surface area contributed by atoms with E-state index in [1.54, 1.807) is 30.3 Å². The lowest BCUT2D eigenvalue weighted by molar-refractivity contribution is -0.143. The van der Waals surface area contributed by atoms with Gasteiger partial charge in [-0.2, -0.15) is 0 Å². The molecule has 8 heteroatoms. The van der Waals surface area contributed by atoms with Crippen molar-refractivity contribution in [3.63, 3.8) is 0 Å². The van der Waals surface area contributed by atoms with Crippen molar-refractivity contribution >= 4 is 46.6 Å². The van der Waals surface area contributed by atoms with Crippen LogP contribution in [0.1, 0.15) is 25.0 Å². The summed E-state index contributed by atoms with van der Waals surface area (Å²) in [7, 11) is 0. The molecule has 0 bridgehead atoms. The number of hydrogen-bond acceptors (Lipinski definition) is 3. The maximum absolute atomic E-state index is 13.5. The van der Waals surface area contributed by atoms with Gasteiger partial charge in [0.05, 0.1) is 5.02 Å². The quantitative estimate of drug-likeness (QED) is 0.338. The monoisotopic (exact) mass is 532 g/mol. The van der Waals surface area contributed by atoms with Crippen LogP contribution in [0.3, 0.4) is 0 Å². The molecule has 0 fully saturated rings. The predicted octanol–water partition coefficient (Wildman–Crippen LogP) is 6.19. The summed E-state index contributed by atoms with van der Waals surface area (Å²) in [5.74, 6) is -0.261. The van der Waals surface area contributed by atoms with E-state index >= 15 is 0 Å². The number of hydrogen-bond donors (Lipinski definition) is 1. The van der Waals surface area contributed by atoms with Gasteiger partial charge in [-0.3, -0.25) is 9.59 Å². The van der Waals surface area contributed by atoms with Gasteiger partial charge < -0.3 is 15.0 Å². The second-order valence-corrected chi connectivity index (χ2v) is 9.66. The SMILES string of the molecule is CC(C)NC(=O)[C@@H](Cc1ccccc1)N(Cc1ccc(Cl)cc1)C(=O)COc1ccc(Cl)cc1Cl. The molecule has 0 saturated heterocycles. The molecule has 0 unspecified atom stereocenters. The molecule has 3 rings (SSSR count). The van der Waals surface area contributed by atoms with Crippen LogP contribution in [0.15, 0.2) is 72.8 Å². The first-order valence-corrected chi connectivity index (χ1v) is 12.3. The Kier molecular flexibility index (Phi) is 9.84. The van der Waals surface area contributed by atoms with Crippen LogP contribution >= 0.6 is 34.8 Å². The average Bonchev–Trinajstić information content (AvgIpc) is 2.82. The molecular formula is C27H27Cl3N2O3. The van der Waals surface area contributed by atoms with E-state index in [1.807, 2.05) is 56.3 Å². The summed E-state index contributed by atoms with van der Waals surface area (Å²) < 4.78 is 5.72. The van der Waals surface area contributed by atoms with Crippen molar-refractivity contribution in [3.05, 3.63) is 99.0 Å². The highest BCUT2D eigenvalue weighted by Gasteiger charge is 2.31. The Morgan fingerprint density at radius 3 is 2.17 bits per heavy atom. The molecule has 184 valence electrons. The van der Waals surface area contributed by atoms with Crippen LogP contribution in [0.25, 0.3) is 0 Å². The van der Waals surface area contributed by atoms with Crippen LogP contribution in [0.5, 0.6) is 5.75 Å². The smallest absolute Gasteiger partial charge is 0.261 e. The molecule has 0 heterocycles. The standard InChI is InChI=1S/C27H27Cl3N2O3/c1-18(2)31-27(34)24(14-19-6-4-3-5-7-19)32(16-20-8-10-21(28)11-9-20)26(33)17-35-25-13-12-22(29)15-23(25)30/h3-13,15,18,24H,14,16-17H2,1-2H3,(H,31,34)/t24-/m1/s1. The number of nitrogens with zero attached hydrogens (tertiary/aromatic N) is 1. The third kappa shape index (κ3) is 8.17. The Hall–Kier alpha value is -2.73. The molecule has 0 aliphatic carbocycles. The lowest BCUT2D eigenvalue weighted by atomic mass is 10.0. The topological polar surface area (TPSA) is 58.6 Å². The summed E-state index contributed by atoms with van der Waals surface area (Å²) >= 11 is 18.2. The zero-order valence-electron chi connectivity index (χ0n) is 19.5. The highest BCUT2D eigenvalue weighted by atomic mass is 35.5. The van der Waals surface area contributed by atoms with Gasteiger partial charge in [0.25, 0.3) is 5.91 Å². The van der Waals surface area contributed by atoms with Crippen molar-refractivity contribution in [2.45, 2.75) is 38.9 Å². The number of ether oxygens (including phenoxy) is 1. The third-order valence-corrected chi connectivity index (χ3v) is 6.00. The zero-order valence-corrected chi connectivity index (χ0v) is 21.8. The normalized spacial score (nSPS) is 11.7. The zero-order chi connectivity index (χ0) is 25.4. The van der Waals surface area contributed by atoms with Crippen molar-refractivity contribution in [1.82, 2.24) is 10.2 Å². The highest BCUT2D eigenvalue weighted by Crippen LogP contribution is 2.27. The number of nitrogens with one attached hydrogen (secondary N) is 1. The summed E-state index contributed by atoms with van der Waals surface area (Å²) in [4.78, 5) is 28.4. The maximum Gasteiger partial charge on any atom is 0.261 e. The largest absolute Gasteiger partial charge is 0.482 e. The summed E-state index contributed by atoms with van der Waals surface area (Å²) in [6.45, 7) is 3.68. The van der Waals surface area contributed by atoms with Crippen LogP contribution in [0.2, 0.25) is 15.1 Å². The highest BCUT2D eigenvalue weighted by molar-refractivity contribution is 6.35. The van der Waals surface area contributed by atoms with Crippen molar-refractivity contribution < 1.29 is 14.3 Å². The van der Waals surface area contributed by atoms with E-state index in [-0.39, 0.29) is 31.0 Å². The van der Waals surface area contributed by atoms with Gasteiger partial charge in [-0.25, -0.2) is 0 Å². The van der Waals surface area contributed by atoms with Crippen LogP contribution in [0, 0.1) is 0 Å². The first kappa shape index (κ1) is 26.9. The van der Waals surface area contributed by atoms with E-state index in [0.717, 1.165) is 11.1 Å². The molecule has 0 spiro atoms. The minimum atomic E-state index is -0.757. The number of amides is 2. The Bertz CT molecular complexity index is 1140. The molecule has 0 radical (unpaired) electrons. The number of benzene rings is 3. The second kappa shape index (κ2) is 12.8. The first-order chi connectivity index (χ1) is 16.7. The molecule has 3 aromatic rings. The molecule has 0 aliphatic heterocycles. The molecule has 2 amide bonds. The van der Waals surface area contributed by atoms with Gasteiger partial charge in [-0.15, -0.1) is 0 Å². The summed E-state index contributed by atoms with van der Waals surface area (Å²) in [5.41, 5.74) is 1.77. The molecule has 0 aromatic heterocycles. The Balaban J connectivity index is 1.91. The van der Waals surface area contributed by atoms with Gasteiger partial charge in [0, 0.05) is 29.1 Å². The fraction of sp³-hybridized carbons (Fsp3) is 0.259.